The fourth-order valence-corrected chi connectivity index (χ4v) is 5.15. The molecule has 2 rings (SSSR count). The minimum atomic E-state index is -3.39. The third kappa shape index (κ3) is 3.62. The maximum atomic E-state index is 12.4. The van der Waals surface area contributed by atoms with E-state index in [1.807, 2.05) is 26.0 Å². The van der Waals surface area contributed by atoms with Crippen LogP contribution in [-0.2, 0) is 10.0 Å². The number of benzene rings is 1. The van der Waals surface area contributed by atoms with E-state index in [-0.39, 0.29) is 0 Å². The van der Waals surface area contributed by atoms with E-state index in [1.54, 1.807) is 6.07 Å². The summed E-state index contributed by atoms with van der Waals surface area (Å²) in [6, 6.07) is 5.45. The van der Waals surface area contributed by atoms with Gasteiger partial charge in [0.05, 0.1) is 4.90 Å². The molecule has 1 aliphatic rings. The molecule has 1 fully saturated rings. The Morgan fingerprint density at radius 3 is 2.60 bits per heavy atom. The summed E-state index contributed by atoms with van der Waals surface area (Å²) in [6.45, 7) is 4.36. The first-order valence-corrected chi connectivity index (χ1v) is 9.67. The Morgan fingerprint density at radius 1 is 1.25 bits per heavy atom. The first kappa shape index (κ1) is 16.0. The van der Waals surface area contributed by atoms with E-state index in [2.05, 4.69) is 20.7 Å². The van der Waals surface area contributed by atoms with Gasteiger partial charge in [-0.2, -0.15) is 0 Å². The normalized spacial score (nSPS) is 23.1. The lowest BCUT2D eigenvalue weighted by Gasteiger charge is -2.18. The summed E-state index contributed by atoms with van der Waals surface area (Å²) in [5, 5.41) is 0.961. The van der Waals surface area contributed by atoms with Crippen LogP contribution in [0.25, 0.3) is 0 Å². The third-order valence-electron chi connectivity index (χ3n) is 4.17. The zero-order chi connectivity index (χ0) is 14.8. The van der Waals surface area contributed by atoms with Gasteiger partial charge in [-0.25, -0.2) is 13.1 Å². The number of alkyl halides is 1. The van der Waals surface area contributed by atoms with Gasteiger partial charge in [-0.05, 0) is 50.2 Å². The second kappa shape index (κ2) is 6.58. The molecule has 0 saturated heterocycles. The molecule has 3 nitrogen and oxygen atoms in total. The number of hydrogen-bond donors (Lipinski definition) is 1. The van der Waals surface area contributed by atoms with Crippen molar-refractivity contribution in [2.24, 2.45) is 11.8 Å². The predicted molar refractivity (Wildman–Crippen MR) is 85.7 cm³/mol. The summed E-state index contributed by atoms with van der Waals surface area (Å²) in [5.74, 6) is 1.05. The van der Waals surface area contributed by atoms with Crippen molar-refractivity contribution in [2.45, 2.75) is 38.0 Å². The first-order valence-electron chi connectivity index (χ1n) is 7.07. The lowest BCUT2D eigenvalue weighted by atomic mass is 9.99. The van der Waals surface area contributed by atoms with Gasteiger partial charge in [0.2, 0.25) is 10.0 Å². The molecule has 0 bridgehead atoms. The summed E-state index contributed by atoms with van der Waals surface area (Å²) in [4.78, 5) is 0.400. The summed E-state index contributed by atoms with van der Waals surface area (Å²) < 4.78 is 27.6. The number of rotatable bonds is 5. The smallest absolute Gasteiger partial charge is 0.211 e. The van der Waals surface area contributed by atoms with Gasteiger partial charge in [-0.15, -0.1) is 0 Å². The molecule has 1 aromatic carbocycles. The lowest BCUT2D eigenvalue weighted by Crippen LogP contribution is -2.31. The van der Waals surface area contributed by atoms with Crippen molar-refractivity contribution in [3.05, 3.63) is 29.3 Å². The summed E-state index contributed by atoms with van der Waals surface area (Å²) in [7, 11) is -3.39. The first-order chi connectivity index (χ1) is 9.44. The van der Waals surface area contributed by atoms with Crippen LogP contribution in [0.4, 0.5) is 0 Å². The largest absolute Gasteiger partial charge is 0.240 e. The van der Waals surface area contributed by atoms with E-state index in [4.69, 9.17) is 0 Å². The molecule has 0 amide bonds. The highest BCUT2D eigenvalue weighted by Crippen LogP contribution is 2.32. The minimum absolute atomic E-state index is 0.400. The van der Waals surface area contributed by atoms with Crippen molar-refractivity contribution in [1.29, 1.82) is 0 Å². The Hall–Kier alpha value is -0.390. The van der Waals surface area contributed by atoms with Crippen molar-refractivity contribution in [3.8, 4) is 0 Å². The van der Waals surface area contributed by atoms with Gasteiger partial charge >= 0.3 is 0 Å². The Kier molecular flexibility index (Phi) is 5.26. The molecule has 0 heterocycles. The highest BCUT2D eigenvalue weighted by atomic mass is 79.9. The molecule has 20 heavy (non-hydrogen) atoms. The molecular formula is C15H22BrNO2S. The second-order valence-electron chi connectivity index (χ2n) is 5.73. The van der Waals surface area contributed by atoms with Gasteiger partial charge < -0.3 is 0 Å². The zero-order valence-corrected chi connectivity index (χ0v) is 14.4. The van der Waals surface area contributed by atoms with Crippen LogP contribution >= 0.6 is 15.9 Å². The molecular weight excluding hydrogens is 338 g/mol. The Morgan fingerprint density at radius 2 is 1.95 bits per heavy atom. The highest BCUT2D eigenvalue weighted by Gasteiger charge is 2.28. The molecule has 1 aliphatic carbocycles. The van der Waals surface area contributed by atoms with Crippen LogP contribution in [0, 0.1) is 25.7 Å². The van der Waals surface area contributed by atoms with Gasteiger partial charge in [0.15, 0.2) is 0 Å². The number of aryl methyl sites for hydroxylation is 2. The van der Waals surface area contributed by atoms with Gasteiger partial charge in [0.25, 0.3) is 0 Å². The standard InChI is InChI=1S/C15H22BrNO2S/c1-11-6-7-15(12(2)8-11)20(18,19)17-10-14-5-3-4-13(14)9-16/h6-8,13-14,17H,3-5,9-10H2,1-2H3. The van der Waals surface area contributed by atoms with Gasteiger partial charge in [0, 0.05) is 11.9 Å². The van der Waals surface area contributed by atoms with Crippen LogP contribution in [-0.4, -0.2) is 20.3 Å². The van der Waals surface area contributed by atoms with Crippen LogP contribution in [0.3, 0.4) is 0 Å². The number of sulfonamides is 1. The van der Waals surface area contributed by atoms with Crippen molar-refractivity contribution < 1.29 is 8.42 Å². The van der Waals surface area contributed by atoms with E-state index in [0.29, 0.717) is 23.3 Å². The molecule has 0 aliphatic heterocycles. The molecule has 2 unspecified atom stereocenters. The molecule has 1 saturated carbocycles. The van der Waals surface area contributed by atoms with Crippen LogP contribution in [0.5, 0.6) is 0 Å². The fraction of sp³-hybridized carbons (Fsp3) is 0.600. The van der Waals surface area contributed by atoms with E-state index < -0.39 is 10.0 Å². The van der Waals surface area contributed by atoms with Crippen molar-refractivity contribution in [3.63, 3.8) is 0 Å². The number of hydrogen-bond acceptors (Lipinski definition) is 2. The van der Waals surface area contributed by atoms with Gasteiger partial charge in [0.1, 0.15) is 0 Å². The van der Waals surface area contributed by atoms with Crippen LogP contribution < -0.4 is 4.72 Å². The number of halogens is 1. The average molecular weight is 360 g/mol. The second-order valence-corrected chi connectivity index (χ2v) is 8.11. The van der Waals surface area contributed by atoms with E-state index in [0.717, 1.165) is 22.9 Å². The molecule has 112 valence electrons. The fourth-order valence-electron chi connectivity index (χ4n) is 2.98. The average Bonchev–Trinajstić information content (AvgIpc) is 2.83. The third-order valence-corrected chi connectivity index (χ3v) is 6.59. The van der Waals surface area contributed by atoms with Crippen LogP contribution in [0.15, 0.2) is 23.1 Å². The topological polar surface area (TPSA) is 46.2 Å². The van der Waals surface area contributed by atoms with Crippen molar-refractivity contribution >= 4 is 26.0 Å². The van der Waals surface area contributed by atoms with E-state index in [9.17, 15) is 8.42 Å². The molecule has 0 radical (unpaired) electrons. The Labute approximate surface area is 130 Å². The van der Waals surface area contributed by atoms with Gasteiger partial charge in [-0.3, -0.25) is 0 Å². The predicted octanol–water partition coefficient (Wildman–Crippen LogP) is 3.39. The maximum Gasteiger partial charge on any atom is 0.240 e. The minimum Gasteiger partial charge on any atom is -0.211 e. The molecule has 1 aromatic rings. The number of nitrogens with one attached hydrogen (secondary N) is 1. The van der Waals surface area contributed by atoms with E-state index in [1.165, 1.54) is 12.8 Å². The van der Waals surface area contributed by atoms with Gasteiger partial charge in [-0.1, -0.05) is 40.0 Å². The maximum absolute atomic E-state index is 12.4. The molecule has 0 aromatic heterocycles. The van der Waals surface area contributed by atoms with E-state index >= 15 is 0 Å². The van der Waals surface area contributed by atoms with Crippen LogP contribution in [0.2, 0.25) is 0 Å². The van der Waals surface area contributed by atoms with Crippen molar-refractivity contribution in [1.82, 2.24) is 4.72 Å². The quantitative estimate of drug-likeness (QED) is 0.819. The summed E-state index contributed by atoms with van der Waals surface area (Å²) >= 11 is 3.52. The Bertz CT molecular complexity index is 571. The lowest BCUT2D eigenvalue weighted by molar-refractivity contribution is 0.422. The summed E-state index contributed by atoms with van der Waals surface area (Å²) in [6.07, 6.45) is 3.51. The Balaban J connectivity index is 2.07. The zero-order valence-electron chi connectivity index (χ0n) is 12.0. The molecule has 5 heteroatoms. The molecule has 2 atom stereocenters. The monoisotopic (exact) mass is 359 g/mol. The van der Waals surface area contributed by atoms with Crippen LogP contribution in [0.1, 0.15) is 30.4 Å². The summed E-state index contributed by atoms with van der Waals surface area (Å²) in [5.41, 5.74) is 1.89. The van der Waals surface area contributed by atoms with Crippen molar-refractivity contribution in [2.75, 3.05) is 11.9 Å². The highest BCUT2D eigenvalue weighted by molar-refractivity contribution is 9.09. The molecule has 0 spiro atoms. The SMILES string of the molecule is Cc1ccc(S(=O)(=O)NCC2CCCC2CBr)c(C)c1. The molecule has 1 N–H and O–H groups in total.